The van der Waals surface area contributed by atoms with Gasteiger partial charge >= 0.3 is 12.2 Å². The average Bonchev–Trinajstić information content (AvgIpc) is 3.26. The van der Waals surface area contributed by atoms with E-state index in [2.05, 4.69) is 10.6 Å². The highest BCUT2D eigenvalue weighted by molar-refractivity contribution is 7.99. The molecule has 0 radical (unpaired) electrons. The Bertz CT molecular complexity index is 2520. The van der Waals surface area contributed by atoms with E-state index in [1.54, 1.807) is 84.9 Å². The summed E-state index contributed by atoms with van der Waals surface area (Å²) in [6, 6.07) is 59.3. The standard InChI is InChI=1S/C50H36N2O6S/c53-41-21-11-37(12-22-41)45-31-39(51-49(55)57-43-25-15-35(16-26-43)33-7-3-1-4-8-33)19-29-47(45)59-48-30-20-40(32-46(48)38-13-23-42(54)24-14-38)52-50(56)58-44-27-17-36(18-28-44)34-9-5-2-6-10-34/h1-32,53-54H,(H,51,55)(H,52,56). The molecule has 0 aliphatic rings. The molecule has 9 heteroatoms. The number of hydrogen-bond acceptors (Lipinski definition) is 7. The lowest BCUT2D eigenvalue weighted by molar-refractivity contribution is 0.214. The summed E-state index contributed by atoms with van der Waals surface area (Å²) in [6.45, 7) is 0. The summed E-state index contributed by atoms with van der Waals surface area (Å²) in [7, 11) is 0. The first kappa shape index (κ1) is 38.1. The number of phenolic OH excluding ortho intramolecular Hbond substituents is 2. The quantitative estimate of drug-likeness (QED) is 0.109. The third-order valence-electron chi connectivity index (χ3n) is 9.37. The number of ether oxygens (including phenoxy) is 2. The summed E-state index contributed by atoms with van der Waals surface area (Å²) in [5.74, 6) is 1.05. The van der Waals surface area contributed by atoms with Crippen molar-refractivity contribution in [3.8, 4) is 67.5 Å². The highest BCUT2D eigenvalue weighted by Gasteiger charge is 2.16. The van der Waals surface area contributed by atoms with Crippen LogP contribution in [0, 0.1) is 0 Å². The first-order chi connectivity index (χ1) is 28.8. The van der Waals surface area contributed by atoms with Crippen LogP contribution in [0.15, 0.2) is 204 Å². The maximum absolute atomic E-state index is 13.1. The minimum atomic E-state index is -0.644. The molecule has 8 aromatic carbocycles. The number of rotatable bonds is 10. The molecule has 0 saturated heterocycles. The highest BCUT2D eigenvalue weighted by Crippen LogP contribution is 2.43. The van der Waals surface area contributed by atoms with Gasteiger partial charge in [0.05, 0.1) is 0 Å². The third kappa shape index (κ3) is 9.62. The predicted octanol–water partition coefficient (Wildman–Crippen LogP) is 13.1. The van der Waals surface area contributed by atoms with Gasteiger partial charge in [-0.2, -0.15) is 0 Å². The summed E-state index contributed by atoms with van der Waals surface area (Å²) in [6.07, 6.45) is -1.29. The summed E-state index contributed by atoms with van der Waals surface area (Å²) < 4.78 is 11.2. The van der Waals surface area contributed by atoms with Crippen molar-refractivity contribution in [2.24, 2.45) is 0 Å². The average molecular weight is 793 g/mol. The van der Waals surface area contributed by atoms with E-state index in [0.29, 0.717) is 22.9 Å². The van der Waals surface area contributed by atoms with Gasteiger partial charge in [-0.25, -0.2) is 9.59 Å². The lowest BCUT2D eigenvalue weighted by atomic mass is 10.0. The second-order valence-corrected chi connectivity index (χ2v) is 14.5. The van der Waals surface area contributed by atoms with E-state index < -0.39 is 12.2 Å². The van der Waals surface area contributed by atoms with Gasteiger partial charge in [0.25, 0.3) is 0 Å². The molecule has 0 fully saturated rings. The SMILES string of the molecule is O=C(Nc1ccc(Sc2ccc(NC(=O)Oc3ccc(-c4ccccc4)cc3)cc2-c2ccc(O)cc2)c(-c2ccc(O)cc2)c1)Oc1ccc(-c2ccccc2)cc1. The molecule has 4 N–H and O–H groups in total. The monoisotopic (exact) mass is 792 g/mol. The molecule has 59 heavy (non-hydrogen) atoms. The van der Waals surface area contributed by atoms with Crippen molar-refractivity contribution >= 4 is 35.3 Å². The smallest absolute Gasteiger partial charge is 0.417 e. The number of anilines is 2. The van der Waals surface area contributed by atoms with Crippen LogP contribution >= 0.6 is 11.8 Å². The third-order valence-corrected chi connectivity index (χ3v) is 10.5. The van der Waals surface area contributed by atoms with Crippen LogP contribution in [0.1, 0.15) is 0 Å². The van der Waals surface area contributed by atoms with Crippen LogP contribution < -0.4 is 20.1 Å². The molecule has 0 aliphatic carbocycles. The van der Waals surface area contributed by atoms with Crippen molar-refractivity contribution < 1.29 is 29.3 Å². The number of carbonyl (C=O) groups is 2. The van der Waals surface area contributed by atoms with Gasteiger partial charge in [-0.05, 0) is 129 Å². The molecular formula is C50H36N2O6S. The van der Waals surface area contributed by atoms with E-state index in [-0.39, 0.29) is 11.5 Å². The molecule has 288 valence electrons. The van der Waals surface area contributed by atoms with E-state index in [0.717, 1.165) is 54.3 Å². The Morgan fingerprint density at radius 3 is 1.10 bits per heavy atom. The summed E-state index contributed by atoms with van der Waals surface area (Å²) in [4.78, 5) is 27.9. The van der Waals surface area contributed by atoms with Crippen LogP contribution in [0.5, 0.6) is 23.0 Å². The molecule has 8 aromatic rings. The van der Waals surface area contributed by atoms with Crippen molar-refractivity contribution in [1.82, 2.24) is 0 Å². The van der Waals surface area contributed by atoms with Crippen molar-refractivity contribution in [2.75, 3.05) is 10.6 Å². The topological polar surface area (TPSA) is 117 Å². The number of hydrogen-bond donors (Lipinski definition) is 4. The van der Waals surface area contributed by atoms with Gasteiger partial charge in [0.1, 0.15) is 23.0 Å². The molecular weight excluding hydrogens is 757 g/mol. The van der Waals surface area contributed by atoms with Crippen molar-refractivity contribution in [3.05, 3.63) is 194 Å². The fourth-order valence-corrected chi connectivity index (χ4v) is 7.52. The molecule has 0 saturated carbocycles. The molecule has 2 amide bonds. The maximum atomic E-state index is 13.1. The minimum absolute atomic E-state index is 0.125. The van der Waals surface area contributed by atoms with Gasteiger partial charge in [0.15, 0.2) is 0 Å². The van der Waals surface area contributed by atoms with Crippen molar-refractivity contribution in [3.63, 3.8) is 0 Å². The van der Waals surface area contributed by atoms with Crippen LogP contribution in [0.25, 0.3) is 44.5 Å². The first-order valence-electron chi connectivity index (χ1n) is 18.7. The molecule has 0 spiro atoms. The zero-order valence-electron chi connectivity index (χ0n) is 31.4. The molecule has 0 atom stereocenters. The van der Waals surface area contributed by atoms with E-state index >= 15 is 0 Å². The Kier molecular flexibility index (Phi) is 11.4. The zero-order chi connectivity index (χ0) is 40.6. The van der Waals surface area contributed by atoms with Crippen LogP contribution in [-0.2, 0) is 0 Å². The van der Waals surface area contributed by atoms with Gasteiger partial charge in [-0.3, -0.25) is 10.6 Å². The molecule has 0 aliphatic heterocycles. The molecule has 0 bridgehead atoms. The Balaban J connectivity index is 1.03. The summed E-state index contributed by atoms with van der Waals surface area (Å²) in [5.41, 5.74) is 8.36. The number of amides is 2. The summed E-state index contributed by atoms with van der Waals surface area (Å²) in [5, 5.41) is 25.8. The van der Waals surface area contributed by atoms with E-state index in [4.69, 9.17) is 9.47 Å². The lowest BCUT2D eigenvalue weighted by Gasteiger charge is -2.16. The predicted molar refractivity (Wildman–Crippen MR) is 234 cm³/mol. The van der Waals surface area contributed by atoms with Gasteiger partial charge in [-0.15, -0.1) is 0 Å². The van der Waals surface area contributed by atoms with Gasteiger partial charge in [0, 0.05) is 21.2 Å². The summed E-state index contributed by atoms with van der Waals surface area (Å²) >= 11 is 1.49. The van der Waals surface area contributed by atoms with Gasteiger partial charge < -0.3 is 19.7 Å². The lowest BCUT2D eigenvalue weighted by Crippen LogP contribution is -2.16. The van der Waals surface area contributed by atoms with E-state index in [1.165, 1.54) is 11.8 Å². The van der Waals surface area contributed by atoms with E-state index in [1.807, 2.05) is 109 Å². The highest BCUT2D eigenvalue weighted by atomic mass is 32.2. The second kappa shape index (κ2) is 17.6. The molecule has 0 heterocycles. The normalized spacial score (nSPS) is 10.7. The molecule has 0 unspecified atom stereocenters. The fourth-order valence-electron chi connectivity index (χ4n) is 6.44. The van der Waals surface area contributed by atoms with Crippen LogP contribution in [0.2, 0.25) is 0 Å². The number of nitrogens with one attached hydrogen (secondary N) is 2. The Hall–Kier alpha value is -7.75. The second-order valence-electron chi connectivity index (χ2n) is 13.4. The fraction of sp³-hybridized carbons (Fsp3) is 0. The largest absolute Gasteiger partial charge is 0.508 e. The Morgan fingerprint density at radius 1 is 0.390 bits per heavy atom. The minimum Gasteiger partial charge on any atom is -0.508 e. The van der Waals surface area contributed by atoms with Gasteiger partial charge in [-0.1, -0.05) is 121 Å². The first-order valence-corrected chi connectivity index (χ1v) is 19.5. The maximum Gasteiger partial charge on any atom is 0.417 e. The van der Waals surface area contributed by atoms with Crippen molar-refractivity contribution in [2.45, 2.75) is 9.79 Å². The van der Waals surface area contributed by atoms with Crippen LogP contribution in [0.4, 0.5) is 21.0 Å². The van der Waals surface area contributed by atoms with E-state index in [9.17, 15) is 19.8 Å². The number of aromatic hydroxyl groups is 2. The number of carbonyl (C=O) groups excluding carboxylic acids is 2. The molecule has 8 nitrogen and oxygen atoms in total. The Morgan fingerprint density at radius 2 is 0.729 bits per heavy atom. The molecule has 8 rings (SSSR count). The Labute approximate surface area is 345 Å². The molecule has 0 aromatic heterocycles. The zero-order valence-corrected chi connectivity index (χ0v) is 32.2. The van der Waals surface area contributed by atoms with Crippen molar-refractivity contribution in [1.29, 1.82) is 0 Å². The van der Waals surface area contributed by atoms with Crippen LogP contribution in [-0.4, -0.2) is 22.4 Å². The van der Waals surface area contributed by atoms with Crippen LogP contribution in [0.3, 0.4) is 0 Å². The van der Waals surface area contributed by atoms with Gasteiger partial charge in [0.2, 0.25) is 0 Å². The number of benzene rings is 8. The number of phenols is 2.